The average Bonchev–Trinajstić information content (AvgIpc) is 2.57. The number of rotatable bonds is 0. The Hall–Kier alpha value is -1.87. The molecule has 2 aromatic rings. The van der Waals surface area contributed by atoms with Gasteiger partial charge in [-0.2, -0.15) is 0 Å². The molecule has 4 rings (SSSR count). The number of carbonyl (C=O) groups excluding carboxylic acids is 1. The zero-order chi connectivity index (χ0) is 19.8. The summed E-state index contributed by atoms with van der Waals surface area (Å²) in [7, 11) is 0. The number of anilines is 2. The molecule has 0 spiro atoms. The van der Waals surface area contributed by atoms with Gasteiger partial charge in [-0.1, -0.05) is 0 Å². The first kappa shape index (κ1) is 19.9. The molecule has 2 N–H and O–H groups in total. The van der Waals surface area contributed by atoms with Crippen molar-refractivity contribution in [2.24, 2.45) is 0 Å². The van der Waals surface area contributed by atoms with Crippen molar-refractivity contribution in [1.82, 2.24) is 9.97 Å². The number of hydrogen-bond acceptors (Lipinski definition) is 6. The predicted molar refractivity (Wildman–Crippen MR) is 110 cm³/mol. The summed E-state index contributed by atoms with van der Waals surface area (Å²) in [6.45, 7) is 8.31. The van der Waals surface area contributed by atoms with Crippen LogP contribution < -0.4 is 20.1 Å². The topological polar surface area (TPSA) is 85.4 Å². The Labute approximate surface area is 174 Å². The van der Waals surface area contributed by atoms with E-state index in [1.165, 1.54) is 0 Å². The zero-order valence-corrected chi connectivity index (χ0v) is 18.6. The second-order valence-electron chi connectivity index (χ2n) is 7.24. The number of nitrogens with zero attached hydrogens (tertiary/aromatic N) is 2. The highest BCUT2D eigenvalue weighted by Gasteiger charge is 2.36. The molecule has 7 nitrogen and oxygen atoms in total. The summed E-state index contributed by atoms with van der Waals surface area (Å²) in [6.07, 6.45) is 0. The molecule has 4 heterocycles. The molecule has 27 heavy (non-hydrogen) atoms. The van der Waals surface area contributed by atoms with Gasteiger partial charge < -0.3 is 20.1 Å². The van der Waals surface area contributed by atoms with Crippen LogP contribution in [0.3, 0.4) is 0 Å². The third-order valence-electron chi connectivity index (χ3n) is 3.86. The Bertz CT molecular complexity index is 887. The van der Waals surface area contributed by atoms with Crippen molar-refractivity contribution < 1.29 is 14.3 Å². The molecule has 2 aliphatic rings. The van der Waals surface area contributed by atoms with Crippen LogP contribution >= 0.6 is 31.9 Å². The second kappa shape index (κ2) is 7.27. The summed E-state index contributed by atoms with van der Waals surface area (Å²) in [4.78, 5) is 19.8. The molecule has 144 valence electrons. The molecule has 0 unspecified atom stereocenters. The summed E-state index contributed by atoms with van der Waals surface area (Å²) in [5.74, 6) is 2.50. The highest BCUT2D eigenvalue weighted by atomic mass is 79.9. The Balaban J connectivity index is 0.000000156. The van der Waals surface area contributed by atoms with Gasteiger partial charge in [0, 0.05) is 0 Å². The van der Waals surface area contributed by atoms with Gasteiger partial charge in [-0.3, -0.25) is 4.79 Å². The van der Waals surface area contributed by atoms with Gasteiger partial charge in [-0.25, -0.2) is 9.97 Å². The predicted octanol–water partition coefficient (Wildman–Crippen LogP) is 4.38. The van der Waals surface area contributed by atoms with Gasteiger partial charge >= 0.3 is 0 Å². The molecule has 0 bridgehead atoms. The quantitative estimate of drug-likeness (QED) is 0.523. The van der Waals surface area contributed by atoms with Crippen molar-refractivity contribution in [2.45, 2.75) is 38.9 Å². The molecule has 9 heteroatoms. The van der Waals surface area contributed by atoms with Gasteiger partial charge in [-0.15, -0.1) is 0 Å². The average molecular weight is 500 g/mol. The maximum atomic E-state index is 11.5. The minimum atomic E-state index is -0.831. The van der Waals surface area contributed by atoms with E-state index in [1.807, 2.05) is 26.0 Å². The van der Waals surface area contributed by atoms with Crippen LogP contribution in [0.1, 0.15) is 27.7 Å². The molecule has 0 aromatic carbocycles. The van der Waals surface area contributed by atoms with Gasteiger partial charge in [0.1, 0.15) is 14.8 Å². The molecule has 0 fully saturated rings. The molecular weight excluding hydrogens is 480 g/mol. The van der Waals surface area contributed by atoms with Crippen LogP contribution in [0.2, 0.25) is 0 Å². The first-order valence-corrected chi connectivity index (χ1v) is 9.91. The fourth-order valence-corrected chi connectivity index (χ4v) is 3.05. The maximum Gasteiger partial charge on any atom is 0.269 e. The van der Waals surface area contributed by atoms with Crippen LogP contribution in [0.4, 0.5) is 11.6 Å². The normalized spacial score (nSPS) is 18.2. The Kier molecular flexibility index (Phi) is 5.36. The summed E-state index contributed by atoms with van der Waals surface area (Å²) in [5, 5.41) is 5.91. The van der Waals surface area contributed by atoms with Gasteiger partial charge in [0.05, 0.1) is 6.54 Å². The van der Waals surface area contributed by atoms with Crippen LogP contribution in [0.15, 0.2) is 33.5 Å². The minimum absolute atomic E-state index is 0.150. The lowest BCUT2D eigenvalue weighted by atomic mass is 10.1. The van der Waals surface area contributed by atoms with E-state index < -0.39 is 5.60 Å². The van der Waals surface area contributed by atoms with E-state index in [-0.39, 0.29) is 11.5 Å². The first-order chi connectivity index (χ1) is 12.6. The third-order valence-corrected chi connectivity index (χ3v) is 4.74. The van der Waals surface area contributed by atoms with Crippen LogP contribution in [0.5, 0.6) is 11.5 Å². The van der Waals surface area contributed by atoms with Crippen molar-refractivity contribution in [3.63, 3.8) is 0 Å². The Morgan fingerprint density at radius 1 is 0.926 bits per heavy atom. The van der Waals surface area contributed by atoms with E-state index in [1.54, 1.807) is 26.0 Å². The monoisotopic (exact) mass is 498 g/mol. The summed E-state index contributed by atoms with van der Waals surface area (Å²) in [5.41, 5.74) is -0.981. The van der Waals surface area contributed by atoms with E-state index in [9.17, 15) is 4.79 Å². The smallest absolute Gasteiger partial charge is 0.269 e. The lowest BCUT2D eigenvalue weighted by Gasteiger charge is -2.32. The fraction of sp³-hybridized carbons (Fsp3) is 0.389. The highest BCUT2D eigenvalue weighted by Crippen LogP contribution is 2.33. The number of ether oxygens (including phenoxy) is 2. The Morgan fingerprint density at radius 2 is 1.48 bits per heavy atom. The van der Waals surface area contributed by atoms with Crippen LogP contribution in [-0.4, -0.2) is 33.6 Å². The van der Waals surface area contributed by atoms with E-state index in [2.05, 4.69) is 52.5 Å². The minimum Gasteiger partial charge on any atom is -0.482 e. The van der Waals surface area contributed by atoms with E-state index in [0.29, 0.717) is 16.2 Å². The molecule has 0 saturated carbocycles. The number of carbonyl (C=O) groups is 1. The van der Waals surface area contributed by atoms with Crippen molar-refractivity contribution in [1.29, 1.82) is 0 Å². The van der Waals surface area contributed by atoms with Gasteiger partial charge in [0.25, 0.3) is 5.91 Å². The highest BCUT2D eigenvalue weighted by molar-refractivity contribution is 9.10. The fourth-order valence-electron chi connectivity index (χ4n) is 2.44. The molecule has 2 aliphatic heterocycles. The van der Waals surface area contributed by atoms with Crippen LogP contribution in [0.25, 0.3) is 0 Å². The molecule has 0 atom stereocenters. The number of nitrogens with one attached hydrogen (secondary N) is 2. The Morgan fingerprint density at radius 3 is 2.11 bits per heavy atom. The van der Waals surface area contributed by atoms with E-state index in [4.69, 9.17) is 9.47 Å². The third kappa shape index (κ3) is 4.70. The van der Waals surface area contributed by atoms with Crippen molar-refractivity contribution in [2.75, 3.05) is 17.2 Å². The largest absolute Gasteiger partial charge is 0.482 e. The molecule has 0 aliphatic carbocycles. The number of amides is 1. The first-order valence-electron chi connectivity index (χ1n) is 8.32. The molecular formula is C18H20Br2N4O3. The molecule has 1 amide bonds. The number of hydrogen-bond donors (Lipinski definition) is 2. The lowest BCUT2D eigenvalue weighted by Crippen LogP contribution is -2.45. The lowest BCUT2D eigenvalue weighted by molar-refractivity contribution is -0.129. The number of pyridine rings is 2. The van der Waals surface area contributed by atoms with Crippen molar-refractivity contribution in [3.05, 3.63) is 33.5 Å². The van der Waals surface area contributed by atoms with Gasteiger partial charge in [-0.05, 0) is 83.8 Å². The van der Waals surface area contributed by atoms with Crippen LogP contribution in [-0.2, 0) is 4.79 Å². The standard InChI is InChI=1S/C9H9BrN2O2.C9H11BrN2O/c1-9(2)8(13)12-7-5(14-9)3-4-6(10)11-7;1-9(2)5-11-8-6(13-9)3-4-7(10)12-8/h3-4H,1-2H3,(H,11,12,13);3-4H,5H2,1-2H3,(H,11,12). The van der Waals surface area contributed by atoms with Crippen molar-refractivity contribution >= 4 is 49.4 Å². The molecule has 2 aromatic heterocycles. The second-order valence-corrected chi connectivity index (χ2v) is 8.87. The molecule has 0 radical (unpaired) electrons. The van der Waals surface area contributed by atoms with Crippen molar-refractivity contribution in [3.8, 4) is 11.5 Å². The zero-order valence-electron chi connectivity index (χ0n) is 15.4. The van der Waals surface area contributed by atoms with E-state index >= 15 is 0 Å². The summed E-state index contributed by atoms with van der Waals surface area (Å²) < 4.78 is 12.7. The summed E-state index contributed by atoms with van der Waals surface area (Å²) in [6, 6.07) is 7.34. The SMILES string of the molecule is CC1(C)CNc2nc(Br)ccc2O1.CC1(C)Oc2ccc(Br)nc2NC1=O. The number of fused-ring (bicyclic) bond motifs is 2. The summed E-state index contributed by atoms with van der Waals surface area (Å²) >= 11 is 6.53. The number of halogens is 2. The molecule has 0 saturated heterocycles. The number of aromatic nitrogens is 2. The maximum absolute atomic E-state index is 11.5. The van der Waals surface area contributed by atoms with Gasteiger partial charge in [0.2, 0.25) is 0 Å². The van der Waals surface area contributed by atoms with E-state index in [0.717, 1.165) is 22.7 Å². The van der Waals surface area contributed by atoms with Gasteiger partial charge in [0.15, 0.2) is 28.7 Å². The van der Waals surface area contributed by atoms with Crippen LogP contribution in [0, 0.1) is 0 Å².